The number of hydrogen-bond acceptors (Lipinski definition) is 3. The summed E-state index contributed by atoms with van der Waals surface area (Å²) in [5.74, 6) is 7.32. The monoisotopic (exact) mass is 236 g/mol. The summed E-state index contributed by atoms with van der Waals surface area (Å²) in [4.78, 5) is 0. The molecule has 0 saturated heterocycles. The van der Waals surface area contributed by atoms with E-state index >= 15 is 0 Å². The van der Waals surface area contributed by atoms with E-state index in [0.717, 1.165) is 24.7 Å². The summed E-state index contributed by atoms with van der Waals surface area (Å²) >= 11 is 0. The van der Waals surface area contributed by atoms with Gasteiger partial charge in [-0.2, -0.15) is 5.10 Å². The van der Waals surface area contributed by atoms with Gasteiger partial charge in [0.15, 0.2) is 0 Å². The molecular weight excluding hydrogens is 212 g/mol. The van der Waals surface area contributed by atoms with Crippen LogP contribution in [0.15, 0.2) is 12.3 Å². The van der Waals surface area contributed by atoms with Gasteiger partial charge in [0.05, 0.1) is 0 Å². The number of nitrogens with one attached hydrogen (secondary N) is 1. The van der Waals surface area contributed by atoms with E-state index in [1.165, 1.54) is 25.0 Å². The molecule has 1 aromatic heterocycles. The molecule has 4 nitrogen and oxygen atoms in total. The van der Waals surface area contributed by atoms with Crippen molar-refractivity contribution >= 4 is 0 Å². The Balaban J connectivity index is 1.86. The standard InChI is InChI=1S/C13H24N4/c1-10-3-4-11(9-10)13(16-14)6-5-12-7-8-15-17(12)2/h7-8,10-11,13,16H,3-6,9,14H2,1-2H3. The molecule has 1 aliphatic rings. The van der Waals surface area contributed by atoms with Crippen LogP contribution >= 0.6 is 0 Å². The molecule has 0 amide bonds. The van der Waals surface area contributed by atoms with Crippen molar-refractivity contribution in [1.29, 1.82) is 0 Å². The van der Waals surface area contributed by atoms with E-state index in [4.69, 9.17) is 5.84 Å². The second-order valence-corrected chi connectivity index (χ2v) is 5.44. The Hall–Kier alpha value is -0.870. The molecule has 0 aromatic carbocycles. The van der Waals surface area contributed by atoms with E-state index < -0.39 is 0 Å². The molecule has 2 rings (SSSR count). The Morgan fingerprint density at radius 1 is 1.59 bits per heavy atom. The van der Waals surface area contributed by atoms with Gasteiger partial charge < -0.3 is 0 Å². The second kappa shape index (κ2) is 5.65. The van der Waals surface area contributed by atoms with Crippen molar-refractivity contribution < 1.29 is 0 Å². The molecule has 1 fully saturated rings. The van der Waals surface area contributed by atoms with Crippen LogP contribution in [0.25, 0.3) is 0 Å². The Morgan fingerprint density at radius 2 is 2.41 bits per heavy atom. The van der Waals surface area contributed by atoms with Crippen molar-refractivity contribution in [3.63, 3.8) is 0 Å². The van der Waals surface area contributed by atoms with Crippen molar-refractivity contribution in [3.8, 4) is 0 Å². The molecule has 3 N–H and O–H groups in total. The normalized spacial score (nSPS) is 26.3. The molecule has 17 heavy (non-hydrogen) atoms. The van der Waals surface area contributed by atoms with Crippen LogP contribution in [-0.2, 0) is 13.5 Å². The highest BCUT2D eigenvalue weighted by atomic mass is 15.3. The van der Waals surface area contributed by atoms with Crippen LogP contribution in [0.1, 0.15) is 38.3 Å². The zero-order valence-electron chi connectivity index (χ0n) is 10.9. The van der Waals surface area contributed by atoms with Gasteiger partial charge in [-0.05, 0) is 43.6 Å². The van der Waals surface area contributed by atoms with Crippen molar-refractivity contribution in [1.82, 2.24) is 15.2 Å². The SMILES string of the molecule is CC1CCC(C(CCc2ccnn2C)NN)C1. The van der Waals surface area contributed by atoms with E-state index in [1.54, 1.807) is 0 Å². The lowest BCUT2D eigenvalue weighted by molar-refractivity contribution is 0.335. The van der Waals surface area contributed by atoms with E-state index in [1.807, 2.05) is 17.9 Å². The molecule has 0 spiro atoms. The van der Waals surface area contributed by atoms with Crippen LogP contribution < -0.4 is 11.3 Å². The number of aryl methyl sites for hydroxylation is 2. The van der Waals surface area contributed by atoms with Crippen LogP contribution in [0, 0.1) is 11.8 Å². The van der Waals surface area contributed by atoms with Gasteiger partial charge in [-0.15, -0.1) is 0 Å². The minimum atomic E-state index is 0.454. The topological polar surface area (TPSA) is 55.9 Å². The zero-order valence-corrected chi connectivity index (χ0v) is 10.9. The molecule has 1 saturated carbocycles. The highest BCUT2D eigenvalue weighted by molar-refractivity contribution is 5.00. The van der Waals surface area contributed by atoms with Gasteiger partial charge in [-0.3, -0.25) is 16.0 Å². The van der Waals surface area contributed by atoms with E-state index in [9.17, 15) is 0 Å². The average Bonchev–Trinajstić information content (AvgIpc) is 2.90. The number of hydrogen-bond donors (Lipinski definition) is 2. The fourth-order valence-corrected chi connectivity index (χ4v) is 3.02. The zero-order chi connectivity index (χ0) is 12.3. The highest BCUT2D eigenvalue weighted by Crippen LogP contribution is 2.33. The molecule has 3 unspecified atom stereocenters. The van der Waals surface area contributed by atoms with Gasteiger partial charge in [-0.1, -0.05) is 13.3 Å². The van der Waals surface area contributed by atoms with Crippen LogP contribution in [0.4, 0.5) is 0 Å². The summed E-state index contributed by atoms with van der Waals surface area (Å²) in [6, 6.07) is 2.54. The molecule has 4 heteroatoms. The second-order valence-electron chi connectivity index (χ2n) is 5.44. The first-order chi connectivity index (χ1) is 8.20. The Labute approximate surface area is 104 Å². The molecule has 1 aliphatic carbocycles. The van der Waals surface area contributed by atoms with Gasteiger partial charge >= 0.3 is 0 Å². The van der Waals surface area contributed by atoms with Crippen LogP contribution in [0.5, 0.6) is 0 Å². The average molecular weight is 236 g/mol. The molecule has 1 heterocycles. The molecule has 3 atom stereocenters. The Morgan fingerprint density at radius 3 is 2.94 bits per heavy atom. The third kappa shape index (κ3) is 3.07. The third-order valence-electron chi connectivity index (χ3n) is 4.15. The largest absolute Gasteiger partial charge is 0.273 e. The number of rotatable bonds is 5. The van der Waals surface area contributed by atoms with E-state index in [2.05, 4.69) is 23.5 Å². The lowest BCUT2D eigenvalue weighted by Crippen LogP contribution is -2.40. The summed E-state index contributed by atoms with van der Waals surface area (Å²) in [5.41, 5.74) is 4.31. The first-order valence-electron chi connectivity index (χ1n) is 6.63. The Kier molecular flexibility index (Phi) is 4.18. The lowest BCUT2D eigenvalue weighted by atomic mass is 9.93. The van der Waals surface area contributed by atoms with Gasteiger partial charge in [0, 0.05) is 25.0 Å². The number of nitrogens with two attached hydrogens (primary N) is 1. The number of hydrazine groups is 1. The maximum Gasteiger partial charge on any atom is 0.0492 e. The maximum absolute atomic E-state index is 5.70. The van der Waals surface area contributed by atoms with Crippen LogP contribution in [0.3, 0.4) is 0 Å². The minimum Gasteiger partial charge on any atom is -0.273 e. The van der Waals surface area contributed by atoms with Crippen molar-refractivity contribution in [2.24, 2.45) is 24.7 Å². The quantitative estimate of drug-likeness (QED) is 0.603. The van der Waals surface area contributed by atoms with Crippen molar-refractivity contribution in [3.05, 3.63) is 18.0 Å². The van der Waals surface area contributed by atoms with Gasteiger partial charge in [-0.25, -0.2) is 0 Å². The third-order valence-corrected chi connectivity index (χ3v) is 4.15. The number of nitrogens with zero attached hydrogens (tertiary/aromatic N) is 2. The van der Waals surface area contributed by atoms with Gasteiger partial charge in [0.1, 0.15) is 0 Å². The number of aromatic nitrogens is 2. The summed E-state index contributed by atoms with van der Waals surface area (Å²) in [7, 11) is 2.00. The molecule has 0 radical (unpaired) electrons. The van der Waals surface area contributed by atoms with Gasteiger partial charge in [0.25, 0.3) is 0 Å². The predicted octanol–water partition coefficient (Wildman–Crippen LogP) is 1.62. The first kappa shape index (κ1) is 12.6. The minimum absolute atomic E-state index is 0.454. The van der Waals surface area contributed by atoms with Crippen molar-refractivity contribution in [2.75, 3.05) is 0 Å². The summed E-state index contributed by atoms with van der Waals surface area (Å²) in [6.45, 7) is 2.34. The molecule has 0 aliphatic heterocycles. The van der Waals surface area contributed by atoms with Crippen LogP contribution in [0.2, 0.25) is 0 Å². The smallest absolute Gasteiger partial charge is 0.0492 e. The first-order valence-corrected chi connectivity index (χ1v) is 6.63. The highest BCUT2D eigenvalue weighted by Gasteiger charge is 2.27. The predicted molar refractivity (Wildman–Crippen MR) is 69.1 cm³/mol. The maximum atomic E-state index is 5.70. The fourth-order valence-electron chi connectivity index (χ4n) is 3.02. The summed E-state index contributed by atoms with van der Waals surface area (Å²) < 4.78 is 1.95. The fraction of sp³-hybridized carbons (Fsp3) is 0.769. The summed E-state index contributed by atoms with van der Waals surface area (Å²) in [6.07, 6.45) is 8.01. The summed E-state index contributed by atoms with van der Waals surface area (Å²) in [5, 5.41) is 4.19. The van der Waals surface area contributed by atoms with Gasteiger partial charge in [0.2, 0.25) is 0 Å². The molecular formula is C13H24N4. The van der Waals surface area contributed by atoms with E-state index in [0.29, 0.717) is 6.04 Å². The van der Waals surface area contributed by atoms with Crippen LogP contribution in [-0.4, -0.2) is 15.8 Å². The Bertz CT molecular complexity index is 347. The lowest BCUT2D eigenvalue weighted by Gasteiger charge is -2.22. The molecule has 1 aromatic rings. The molecule has 96 valence electrons. The van der Waals surface area contributed by atoms with Crippen molar-refractivity contribution in [2.45, 2.75) is 45.1 Å². The molecule has 0 bridgehead atoms. The van der Waals surface area contributed by atoms with E-state index in [-0.39, 0.29) is 0 Å².